The highest BCUT2D eigenvalue weighted by molar-refractivity contribution is 5.93. The molecule has 0 aliphatic heterocycles. The van der Waals surface area contributed by atoms with Gasteiger partial charge in [0.25, 0.3) is 5.56 Å². The molecule has 0 fully saturated rings. The predicted molar refractivity (Wildman–Crippen MR) is 117 cm³/mol. The maximum atomic E-state index is 12.3. The summed E-state index contributed by atoms with van der Waals surface area (Å²) in [5, 5.41) is 9.44. The SMILES string of the molecule is COc1c(C=Cc2ccccc2C(=O)O)cc(-n2ccncc2=O)cc1C(C)(C)C. The van der Waals surface area contributed by atoms with Gasteiger partial charge in [0.15, 0.2) is 0 Å². The van der Waals surface area contributed by atoms with Crippen LogP contribution in [-0.4, -0.2) is 27.7 Å². The van der Waals surface area contributed by atoms with E-state index in [1.165, 1.54) is 10.8 Å². The van der Waals surface area contributed by atoms with Gasteiger partial charge in [-0.15, -0.1) is 0 Å². The quantitative estimate of drug-likeness (QED) is 0.637. The van der Waals surface area contributed by atoms with Crippen molar-refractivity contribution in [3.8, 4) is 11.4 Å². The van der Waals surface area contributed by atoms with Crippen LogP contribution in [0, 0.1) is 0 Å². The third-order valence-corrected chi connectivity index (χ3v) is 4.75. The van der Waals surface area contributed by atoms with E-state index >= 15 is 0 Å². The highest BCUT2D eigenvalue weighted by Gasteiger charge is 2.22. The molecule has 0 unspecified atom stereocenters. The lowest BCUT2D eigenvalue weighted by molar-refractivity contribution is 0.0696. The average molecular weight is 404 g/mol. The van der Waals surface area contributed by atoms with Gasteiger partial charge < -0.3 is 9.84 Å². The summed E-state index contributed by atoms with van der Waals surface area (Å²) in [6.45, 7) is 6.20. The molecule has 3 aromatic rings. The minimum absolute atomic E-state index is 0.213. The van der Waals surface area contributed by atoms with Gasteiger partial charge in [0, 0.05) is 29.2 Å². The van der Waals surface area contributed by atoms with Gasteiger partial charge in [-0.05, 0) is 29.2 Å². The lowest BCUT2D eigenvalue weighted by Crippen LogP contribution is -2.19. The number of rotatable bonds is 5. The Morgan fingerprint density at radius 1 is 1.13 bits per heavy atom. The summed E-state index contributed by atoms with van der Waals surface area (Å²) in [5.74, 6) is -0.313. The van der Waals surface area contributed by atoms with E-state index in [-0.39, 0.29) is 16.5 Å². The monoisotopic (exact) mass is 404 g/mol. The largest absolute Gasteiger partial charge is 0.496 e. The number of carboxylic acid groups (broad SMARTS) is 1. The number of aromatic carboxylic acids is 1. The van der Waals surface area contributed by atoms with Crippen molar-refractivity contribution in [1.29, 1.82) is 0 Å². The molecule has 0 amide bonds. The first-order chi connectivity index (χ1) is 14.2. The Labute approximate surface area is 175 Å². The molecule has 0 atom stereocenters. The van der Waals surface area contributed by atoms with E-state index in [0.29, 0.717) is 17.0 Å². The lowest BCUT2D eigenvalue weighted by atomic mass is 9.84. The highest BCUT2D eigenvalue weighted by atomic mass is 16.5. The van der Waals surface area contributed by atoms with Crippen LogP contribution in [0.25, 0.3) is 17.8 Å². The molecule has 30 heavy (non-hydrogen) atoms. The Balaban J connectivity index is 2.23. The summed E-state index contributed by atoms with van der Waals surface area (Å²) in [5.41, 5.74) is 2.65. The van der Waals surface area contributed by atoms with Gasteiger partial charge in [-0.3, -0.25) is 14.3 Å². The first kappa shape index (κ1) is 21.0. The van der Waals surface area contributed by atoms with Crippen LogP contribution in [0.15, 0.2) is 59.8 Å². The van der Waals surface area contributed by atoms with Crippen LogP contribution >= 0.6 is 0 Å². The zero-order valence-electron chi connectivity index (χ0n) is 17.4. The van der Waals surface area contributed by atoms with Crippen molar-refractivity contribution in [2.45, 2.75) is 26.2 Å². The number of hydrogen-bond acceptors (Lipinski definition) is 4. The molecule has 0 radical (unpaired) electrons. The first-order valence-electron chi connectivity index (χ1n) is 9.48. The van der Waals surface area contributed by atoms with E-state index in [4.69, 9.17) is 4.74 Å². The van der Waals surface area contributed by atoms with Crippen molar-refractivity contribution in [3.05, 3.63) is 87.6 Å². The molecular weight excluding hydrogens is 380 g/mol. The van der Waals surface area contributed by atoms with Crippen molar-refractivity contribution in [3.63, 3.8) is 0 Å². The van der Waals surface area contributed by atoms with Gasteiger partial charge >= 0.3 is 5.97 Å². The van der Waals surface area contributed by atoms with Gasteiger partial charge in [0.2, 0.25) is 0 Å². The molecule has 0 aliphatic carbocycles. The summed E-state index contributed by atoms with van der Waals surface area (Å²) in [6.07, 6.45) is 7.99. The number of hydrogen-bond donors (Lipinski definition) is 1. The zero-order chi connectivity index (χ0) is 21.9. The van der Waals surface area contributed by atoms with E-state index in [9.17, 15) is 14.7 Å². The van der Waals surface area contributed by atoms with Crippen molar-refractivity contribution < 1.29 is 14.6 Å². The molecule has 1 N–H and O–H groups in total. The van der Waals surface area contributed by atoms with E-state index in [2.05, 4.69) is 25.8 Å². The maximum absolute atomic E-state index is 12.3. The fraction of sp³-hybridized carbons (Fsp3) is 0.208. The third kappa shape index (κ3) is 4.33. The van der Waals surface area contributed by atoms with E-state index in [1.807, 2.05) is 18.2 Å². The fourth-order valence-corrected chi connectivity index (χ4v) is 3.26. The number of benzene rings is 2. The standard InChI is InChI=1S/C24H24N2O4/c1-24(2,3)20-14-18(26-12-11-25-15-21(26)27)13-17(22(20)30-4)10-9-16-7-5-6-8-19(16)23(28)29/h5-15H,1-4H3,(H,28,29). The molecule has 2 aromatic carbocycles. The molecule has 0 bridgehead atoms. The Hall–Kier alpha value is -3.67. The van der Waals surface area contributed by atoms with Crippen molar-refractivity contribution in [2.24, 2.45) is 0 Å². The van der Waals surface area contributed by atoms with Crippen LogP contribution in [0.2, 0.25) is 0 Å². The van der Waals surface area contributed by atoms with E-state index in [1.54, 1.807) is 49.8 Å². The first-order valence-corrected chi connectivity index (χ1v) is 9.48. The second-order valence-corrected chi connectivity index (χ2v) is 7.88. The van der Waals surface area contributed by atoms with Crippen molar-refractivity contribution in [2.75, 3.05) is 7.11 Å². The normalized spacial score (nSPS) is 11.6. The summed E-state index contributed by atoms with van der Waals surface area (Å²) in [4.78, 5) is 27.7. The number of ether oxygens (including phenoxy) is 1. The van der Waals surface area contributed by atoms with Gasteiger partial charge in [0.05, 0.1) is 18.9 Å². The van der Waals surface area contributed by atoms with Gasteiger partial charge in [-0.1, -0.05) is 51.1 Å². The number of nitrogens with zero attached hydrogens (tertiary/aromatic N) is 2. The van der Waals surface area contributed by atoms with Crippen LogP contribution in [0.3, 0.4) is 0 Å². The van der Waals surface area contributed by atoms with E-state index in [0.717, 1.165) is 11.1 Å². The Morgan fingerprint density at radius 3 is 2.47 bits per heavy atom. The molecule has 3 rings (SSSR count). The van der Waals surface area contributed by atoms with Crippen LogP contribution in [0.1, 0.15) is 47.8 Å². The van der Waals surface area contributed by atoms with Gasteiger partial charge in [0.1, 0.15) is 5.75 Å². The molecule has 0 spiro atoms. The average Bonchev–Trinajstić information content (AvgIpc) is 2.71. The molecule has 0 saturated carbocycles. The van der Waals surface area contributed by atoms with Gasteiger partial charge in [-0.2, -0.15) is 0 Å². The van der Waals surface area contributed by atoms with Crippen LogP contribution in [0.4, 0.5) is 0 Å². The minimum atomic E-state index is -0.991. The molecule has 6 heteroatoms. The molecule has 0 aliphatic rings. The van der Waals surface area contributed by atoms with Crippen LogP contribution in [-0.2, 0) is 5.41 Å². The second-order valence-electron chi connectivity index (χ2n) is 7.88. The Bertz CT molecular complexity index is 1170. The Kier molecular flexibility index (Phi) is 5.87. The minimum Gasteiger partial charge on any atom is -0.496 e. The number of aromatic nitrogens is 2. The number of carboxylic acids is 1. The predicted octanol–water partition coefficient (Wildman–Crippen LogP) is 4.41. The molecule has 154 valence electrons. The molecular formula is C24H24N2O4. The fourth-order valence-electron chi connectivity index (χ4n) is 3.26. The smallest absolute Gasteiger partial charge is 0.336 e. The molecule has 0 saturated heterocycles. The van der Waals surface area contributed by atoms with Crippen LogP contribution in [0.5, 0.6) is 5.75 Å². The van der Waals surface area contributed by atoms with Gasteiger partial charge in [-0.25, -0.2) is 4.79 Å². The Morgan fingerprint density at radius 2 is 1.83 bits per heavy atom. The summed E-state index contributed by atoms with van der Waals surface area (Å²) in [7, 11) is 1.60. The summed E-state index contributed by atoms with van der Waals surface area (Å²) >= 11 is 0. The second kappa shape index (κ2) is 8.37. The molecule has 1 aromatic heterocycles. The molecule has 1 heterocycles. The van der Waals surface area contributed by atoms with E-state index < -0.39 is 5.97 Å². The highest BCUT2D eigenvalue weighted by Crippen LogP contribution is 2.37. The molecule has 6 nitrogen and oxygen atoms in total. The van der Waals surface area contributed by atoms with Crippen LogP contribution < -0.4 is 10.3 Å². The lowest BCUT2D eigenvalue weighted by Gasteiger charge is -2.25. The topological polar surface area (TPSA) is 81.4 Å². The summed E-state index contributed by atoms with van der Waals surface area (Å²) < 4.78 is 7.24. The third-order valence-electron chi connectivity index (χ3n) is 4.75. The summed E-state index contributed by atoms with van der Waals surface area (Å²) in [6, 6.07) is 10.6. The van der Waals surface area contributed by atoms with Crippen molar-refractivity contribution >= 4 is 18.1 Å². The van der Waals surface area contributed by atoms with Crippen molar-refractivity contribution in [1.82, 2.24) is 9.55 Å². The number of methoxy groups -OCH3 is 1. The number of carbonyl (C=O) groups is 1. The maximum Gasteiger partial charge on any atom is 0.336 e. The zero-order valence-corrected chi connectivity index (χ0v) is 17.4.